The summed E-state index contributed by atoms with van der Waals surface area (Å²) in [5, 5.41) is 6.54. The van der Waals surface area contributed by atoms with E-state index in [9.17, 15) is 9.18 Å². The summed E-state index contributed by atoms with van der Waals surface area (Å²) in [6.07, 6.45) is 0.360. The summed E-state index contributed by atoms with van der Waals surface area (Å²) in [4.78, 5) is 11.4. The Labute approximate surface area is 104 Å². The number of nitrogens with one attached hydrogen (secondary N) is 1. The number of aromatic nitrogens is 2. The second kappa shape index (κ2) is 5.44. The molecule has 2 aromatic rings. The smallest absolute Gasteiger partial charge is 0.358 e. The maximum atomic E-state index is 13.4. The minimum Gasteiger partial charge on any atom is -0.461 e. The van der Waals surface area contributed by atoms with Crippen molar-refractivity contribution in [3.05, 3.63) is 53.1 Å². The van der Waals surface area contributed by atoms with Crippen LogP contribution in [0, 0.1) is 5.82 Å². The van der Waals surface area contributed by atoms with E-state index in [1.807, 2.05) is 0 Å². The van der Waals surface area contributed by atoms with Crippen molar-refractivity contribution >= 4 is 5.97 Å². The third-order valence-corrected chi connectivity index (χ3v) is 2.45. The summed E-state index contributed by atoms with van der Waals surface area (Å²) < 4.78 is 18.3. The summed E-state index contributed by atoms with van der Waals surface area (Å²) >= 11 is 0. The summed E-state index contributed by atoms with van der Waals surface area (Å²) in [7, 11) is 0. The third kappa shape index (κ3) is 2.74. The van der Waals surface area contributed by atoms with Gasteiger partial charge in [0.1, 0.15) is 5.82 Å². The van der Waals surface area contributed by atoms with E-state index in [2.05, 4.69) is 10.2 Å². The lowest BCUT2D eigenvalue weighted by Crippen LogP contribution is -2.04. The van der Waals surface area contributed by atoms with Crippen molar-refractivity contribution in [1.82, 2.24) is 10.2 Å². The van der Waals surface area contributed by atoms with E-state index in [0.717, 1.165) is 0 Å². The highest BCUT2D eigenvalue weighted by atomic mass is 19.1. The van der Waals surface area contributed by atoms with E-state index >= 15 is 0 Å². The van der Waals surface area contributed by atoms with Crippen LogP contribution in [0.25, 0.3) is 0 Å². The Morgan fingerprint density at radius 1 is 1.44 bits per heavy atom. The fourth-order valence-corrected chi connectivity index (χ4v) is 1.61. The number of nitrogens with zero attached hydrogens (tertiary/aromatic N) is 1. The van der Waals surface area contributed by atoms with Gasteiger partial charge in [0.05, 0.1) is 6.61 Å². The van der Waals surface area contributed by atoms with Gasteiger partial charge in [-0.25, -0.2) is 9.18 Å². The lowest BCUT2D eigenvalue weighted by molar-refractivity contribution is 0.0519. The molecule has 0 unspecified atom stereocenters. The monoisotopic (exact) mass is 248 g/mol. The highest BCUT2D eigenvalue weighted by Gasteiger charge is 2.12. The van der Waals surface area contributed by atoms with Crippen LogP contribution in [0.1, 0.15) is 28.7 Å². The summed E-state index contributed by atoms with van der Waals surface area (Å²) in [5.41, 5.74) is 1.43. The van der Waals surface area contributed by atoms with Crippen LogP contribution in [0.2, 0.25) is 0 Å². The van der Waals surface area contributed by atoms with Crippen LogP contribution in [0.3, 0.4) is 0 Å². The highest BCUT2D eigenvalue weighted by Crippen LogP contribution is 2.12. The van der Waals surface area contributed by atoms with Gasteiger partial charge < -0.3 is 4.74 Å². The molecule has 0 radical (unpaired) electrons. The number of halogens is 1. The summed E-state index contributed by atoms with van der Waals surface area (Å²) in [6, 6.07) is 8.07. The van der Waals surface area contributed by atoms with E-state index in [4.69, 9.17) is 4.74 Å². The molecule has 4 nitrogen and oxygen atoms in total. The van der Waals surface area contributed by atoms with Gasteiger partial charge in [-0.15, -0.1) is 0 Å². The molecule has 0 amide bonds. The third-order valence-electron chi connectivity index (χ3n) is 2.45. The predicted molar refractivity (Wildman–Crippen MR) is 63.8 cm³/mol. The number of esters is 1. The molecule has 0 saturated heterocycles. The molecule has 18 heavy (non-hydrogen) atoms. The Balaban J connectivity index is 2.12. The molecule has 0 saturated carbocycles. The molecule has 1 aromatic carbocycles. The Morgan fingerprint density at radius 2 is 2.22 bits per heavy atom. The van der Waals surface area contributed by atoms with Crippen molar-refractivity contribution in [3.63, 3.8) is 0 Å². The summed E-state index contributed by atoms with van der Waals surface area (Å²) in [6.45, 7) is 2.03. The van der Waals surface area contributed by atoms with Gasteiger partial charge in [-0.3, -0.25) is 5.10 Å². The van der Waals surface area contributed by atoms with E-state index in [0.29, 0.717) is 24.3 Å². The molecule has 0 atom stereocenters. The number of H-pyrrole nitrogens is 1. The van der Waals surface area contributed by atoms with E-state index in [1.54, 1.807) is 31.2 Å². The second-order valence-corrected chi connectivity index (χ2v) is 3.77. The Morgan fingerprint density at radius 3 is 2.94 bits per heavy atom. The first-order valence-corrected chi connectivity index (χ1v) is 5.65. The first-order chi connectivity index (χ1) is 8.70. The number of ether oxygens (including phenoxy) is 1. The number of carbonyl (C=O) groups is 1. The van der Waals surface area contributed by atoms with E-state index in [1.165, 1.54) is 6.07 Å². The molecule has 1 aromatic heterocycles. The van der Waals surface area contributed by atoms with E-state index < -0.39 is 5.97 Å². The van der Waals surface area contributed by atoms with Crippen LogP contribution in [-0.4, -0.2) is 22.8 Å². The van der Waals surface area contributed by atoms with Crippen LogP contribution < -0.4 is 0 Å². The van der Waals surface area contributed by atoms with Gasteiger partial charge in [0, 0.05) is 12.1 Å². The molecule has 2 rings (SSSR count). The Bertz CT molecular complexity index is 551. The van der Waals surface area contributed by atoms with Gasteiger partial charge in [0.25, 0.3) is 0 Å². The van der Waals surface area contributed by atoms with Crippen LogP contribution in [0.5, 0.6) is 0 Å². The van der Waals surface area contributed by atoms with Crippen LogP contribution in [-0.2, 0) is 11.2 Å². The molecule has 1 N–H and O–H groups in total. The molecule has 94 valence electrons. The zero-order chi connectivity index (χ0) is 13.0. The molecule has 0 bridgehead atoms. The van der Waals surface area contributed by atoms with Crippen molar-refractivity contribution in [1.29, 1.82) is 0 Å². The molecule has 0 aliphatic rings. The quantitative estimate of drug-likeness (QED) is 0.845. The number of hydrogen-bond acceptors (Lipinski definition) is 3. The molecular weight excluding hydrogens is 235 g/mol. The Hall–Kier alpha value is -2.17. The van der Waals surface area contributed by atoms with Crippen LogP contribution in [0.15, 0.2) is 30.3 Å². The topological polar surface area (TPSA) is 55.0 Å². The lowest BCUT2D eigenvalue weighted by atomic mass is 10.1. The average Bonchev–Trinajstić information content (AvgIpc) is 2.81. The van der Waals surface area contributed by atoms with Crippen molar-refractivity contribution in [2.24, 2.45) is 0 Å². The summed E-state index contributed by atoms with van der Waals surface area (Å²) in [5.74, 6) is -0.752. The number of benzene rings is 1. The maximum absolute atomic E-state index is 13.4. The number of aromatic amines is 1. The van der Waals surface area contributed by atoms with Crippen molar-refractivity contribution < 1.29 is 13.9 Å². The van der Waals surface area contributed by atoms with Gasteiger partial charge in [0.15, 0.2) is 5.69 Å². The molecule has 5 heteroatoms. The van der Waals surface area contributed by atoms with E-state index in [-0.39, 0.29) is 11.5 Å². The number of rotatable bonds is 4. The normalized spacial score (nSPS) is 10.3. The van der Waals surface area contributed by atoms with Crippen molar-refractivity contribution in [2.45, 2.75) is 13.3 Å². The first-order valence-electron chi connectivity index (χ1n) is 5.65. The lowest BCUT2D eigenvalue weighted by Gasteiger charge is -1.99. The van der Waals surface area contributed by atoms with Gasteiger partial charge in [-0.05, 0) is 24.6 Å². The SMILES string of the molecule is CCOC(=O)c1cc(Cc2ccccc2F)[nH]n1. The fourth-order valence-electron chi connectivity index (χ4n) is 1.61. The minimum absolute atomic E-state index is 0.211. The molecule has 0 spiro atoms. The van der Waals surface area contributed by atoms with Gasteiger partial charge in [-0.1, -0.05) is 18.2 Å². The molecule has 0 aliphatic carbocycles. The largest absolute Gasteiger partial charge is 0.461 e. The number of carbonyl (C=O) groups excluding carboxylic acids is 1. The fraction of sp³-hybridized carbons (Fsp3) is 0.231. The average molecular weight is 248 g/mol. The highest BCUT2D eigenvalue weighted by molar-refractivity contribution is 5.87. The van der Waals surface area contributed by atoms with Gasteiger partial charge in [-0.2, -0.15) is 5.10 Å². The van der Waals surface area contributed by atoms with Crippen LogP contribution >= 0.6 is 0 Å². The molecular formula is C13H13FN2O2. The van der Waals surface area contributed by atoms with Crippen molar-refractivity contribution in [2.75, 3.05) is 6.61 Å². The molecule has 0 aliphatic heterocycles. The molecule has 0 fully saturated rings. The van der Waals surface area contributed by atoms with Crippen molar-refractivity contribution in [3.8, 4) is 0 Å². The van der Waals surface area contributed by atoms with Gasteiger partial charge >= 0.3 is 5.97 Å². The standard InChI is InChI=1S/C13H13FN2O2/c1-2-18-13(17)12-8-10(15-16-12)7-9-5-3-4-6-11(9)14/h3-6,8H,2,7H2,1H3,(H,15,16). The second-order valence-electron chi connectivity index (χ2n) is 3.77. The maximum Gasteiger partial charge on any atom is 0.358 e. The molecule has 1 heterocycles. The van der Waals surface area contributed by atoms with Crippen LogP contribution in [0.4, 0.5) is 4.39 Å². The Kier molecular flexibility index (Phi) is 3.72. The predicted octanol–water partition coefficient (Wildman–Crippen LogP) is 2.32. The number of hydrogen-bond donors (Lipinski definition) is 1. The zero-order valence-corrected chi connectivity index (χ0v) is 9.94. The van der Waals surface area contributed by atoms with Gasteiger partial charge in [0.2, 0.25) is 0 Å². The minimum atomic E-state index is -0.478. The first kappa shape index (κ1) is 12.3. The zero-order valence-electron chi connectivity index (χ0n) is 9.94.